The zero-order valence-corrected chi connectivity index (χ0v) is 13.3. The van der Waals surface area contributed by atoms with Crippen LogP contribution in [0.1, 0.15) is 23.9 Å². The van der Waals surface area contributed by atoms with E-state index in [0.29, 0.717) is 27.9 Å². The molecule has 0 atom stereocenters. The summed E-state index contributed by atoms with van der Waals surface area (Å²) in [6, 6.07) is 4.98. The summed E-state index contributed by atoms with van der Waals surface area (Å²) in [5.74, 6) is 0.477. The van der Waals surface area contributed by atoms with E-state index in [0.717, 1.165) is 11.4 Å². The van der Waals surface area contributed by atoms with Gasteiger partial charge in [0.1, 0.15) is 18.2 Å². The first-order valence-corrected chi connectivity index (χ1v) is 7.18. The molecule has 21 heavy (non-hydrogen) atoms. The lowest BCUT2D eigenvalue weighted by Crippen LogP contribution is -2.11. The van der Waals surface area contributed by atoms with Crippen LogP contribution in [0.5, 0.6) is 5.75 Å². The molecule has 0 spiro atoms. The summed E-state index contributed by atoms with van der Waals surface area (Å²) in [6.45, 7) is 4.82. The predicted molar refractivity (Wildman–Crippen MR) is 84.4 cm³/mol. The van der Waals surface area contributed by atoms with Crippen molar-refractivity contribution in [2.24, 2.45) is 5.73 Å². The molecule has 112 valence electrons. The number of halogens is 2. The Morgan fingerprint density at radius 2 is 2.14 bits per heavy atom. The number of nitrogen functional groups attached to an aromatic ring is 1. The van der Waals surface area contributed by atoms with E-state index in [-0.39, 0.29) is 12.4 Å². The number of nitrogens with zero attached hydrogens (tertiary/aromatic N) is 2. The van der Waals surface area contributed by atoms with Gasteiger partial charge in [0, 0.05) is 12.1 Å². The lowest BCUT2D eigenvalue weighted by molar-refractivity contribution is 0.293. The van der Waals surface area contributed by atoms with Gasteiger partial charge in [-0.05, 0) is 32.0 Å². The second-order valence-electron chi connectivity index (χ2n) is 4.51. The normalized spacial score (nSPS) is 10.7. The van der Waals surface area contributed by atoms with Crippen LogP contribution in [0, 0.1) is 12.3 Å². The highest BCUT2D eigenvalue weighted by Crippen LogP contribution is 2.28. The molecule has 2 rings (SSSR count). The SMILES string of the molecule is CCn1nc(C)c(Cl)c1COc1ccc(C(=N)N)cc1Cl. The largest absolute Gasteiger partial charge is 0.486 e. The van der Waals surface area contributed by atoms with Crippen molar-refractivity contribution in [1.29, 1.82) is 5.41 Å². The predicted octanol–water partition coefficient (Wildman–Crippen LogP) is 3.38. The van der Waals surface area contributed by atoms with Gasteiger partial charge in [-0.1, -0.05) is 23.2 Å². The number of rotatable bonds is 5. The van der Waals surface area contributed by atoms with Crippen LogP contribution in [0.15, 0.2) is 18.2 Å². The molecule has 0 bridgehead atoms. The Balaban J connectivity index is 2.19. The molecule has 3 N–H and O–H groups in total. The van der Waals surface area contributed by atoms with Crippen LogP contribution in [-0.4, -0.2) is 15.6 Å². The summed E-state index contributed by atoms with van der Waals surface area (Å²) in [4.78, 5) is 0. The molecule has 0 saturated carbocycles. The maximum absolute atomic E-state index is 7.37. The molecule has 7 heteroatoms. The fourth-order valence-corrected chi connectivity index (χ4v) is 2.36. The number of benzene rings is 1. The van der Waals surface area contributed by atoms with E-state index >= 15 is 0 Å². The van der Waals surface area contributed by atoms with Crippen LogP contribution in [0.4, 0.5) is 0 Å². The highest BCUT2D eigenvalue weighted by molar-refractivity contribution is 6.32. The standard InChI is InChI=1S/C14H16Cl2N4O/c1-3-20-11(13(16)8(2)19-20)7-21-12-5-4-9(14(17)18)6-10(12)15/h4-6H,3,7H2,1-2H3,(H3,17,18). The fourth-order valence-electron chi connectivity index (χ4n) is 1.94. The molecule has 1 aromatic carbocycles. The lowest BCUT2D eigenvalue weighted by Gasteiger charge is -2.10. The Kier molecular flexibility index (Phi) is 4.75. The average Bonchev–Trinajstić information content (AvgIpc) is 2.72. The van der Waals surface area contributed by atoms with Crippen molar-refractivity contribution in [1.82, 2.24) is 9.78 Å². The highest BCUT2D eigenvalue weighted by atomic mass is 35.5. The molecule has 5 nitrogen and oxygen atoms in total. The average molecular weight is 327 g/mol. The van der Waals surface area contributed by atoms with E-state index in [1.807, 2.05) is 13.8 Å². The van der Waals surface area contributed by atoms with Crippen molar-refractivity contribution >= 4 is 29.0 Å². The van der Waals surface area contributed by atoms with Crippen molar-refractivity contribution in [3.8, 4) is 5.75 Å². The first kappa shape index (κ1) is 15.7. The first-order valence-electron chi connectivity index (χ1n) is 6.42. The van der Waals surface area contributed by atoms with E-state index in [9.17, 15) is 0 Å². The molecule has 1 heterocycles. The van der Waals surface area contributed by atoms with Gasteiger partial charge in [-0.25, -0.2) is 0 Å². The van der Waals surface area contributed by atoms with Gasteiger partial charge in [0.05, 0.1) is 21.4 Å². The molecule has 0 radical (unpaired) electrons. The van der Waals surface area contributed by atoms with E-state index < -0.39 is 0 Å². The zero-order chi connectivity index (χ0) is 15.6. The third-order valence-corrected chi connectivity index (χ3v) is 3.85. The highest BCUT2D eigenvalue weighted by Gasteiger charge is 2.14. The van der Waals surface area contributed by atoms with Gasteiger partial charge in [0.2, 0.25) is 0 Å². The molecule has 0 aliphatic carbocycles. The number of nitrogens with one attached hydrogen (secondary N) is 1. The van der Waals surface area contributed by atoms with Gasteiger partial charge in [0.25, 0.3) is 0 Å². The number of hydrogen-bond acceptors (Lipinski definition) is 3. The summed E-state index contributed by atoms with van der Waals surface area (Å²) in [7, 11) is 0. The van der Waals surface area contributed by atoms with E-state index in [1.54, 1.807) is 22.9 Å². The number of hydrogen-bond donors (Lipinski definition) is 2. The van der Waals surface area contributed by atoms with Crippen molar-refractivity contribution in [2.45, 2.75) is 27.0 Å². The van der Waals surface area contributed by atoms with Gasteiger partial charge in [0.15, 0.2) is 0 Å². The van der Waals surface area contributed by atoms with Crippen LogP contribution in [0.2, 0.25) is 10.0 Å². The van der Waals surface area contributed by atoms with Crippen molar-refractivity contribution < 1.29 is 4.74 Å². The van der Waals surface area contributed by atoms with Crippen LogP contribution in [0.3, 0.4) is 0 Å². The van der Waals surface area contributed by atoms with Gasteiger partial charge >= 0.3 is 0 Å². The second kappa shape index (κ2) is 6.37. The molecular formula is C14H16Cl2N4O. The maximum Gasteiger partial charge on any atom is 0.138 e. The zero-order valence-electron chi connectivity index (χ0n) is 11.8. The minimum Gasteiger partial charge on any atom is -0.486 e. The number of amidine groups is 1. The molecule has 1 aromatic heterocycles. The van der Waals surface area contributed by atoms with Crippen molar-refractivity contribution in [3.63, 3.8) is 0 Å². The first-order chi connectivity index (χ1) is 9.93. The topological polar surface area (TPSA) is 76.9 Å². The molecule has 0 unspecified atom stereocenters. The Hall–Kier alpha value is -1.72. The number of nitrogens with two attached hydrogens (primary N) is 1. The van der Waals surface area contributed by atoms with Gasteiger partial charge < -0.3 is 10.5 Å². The number of aryl methyl sites for hydroxylation is 2. The smallest absolute Gasteiger partial charge is 0.138 e. The Bertz CT molecular complexity index is 682. The minimum atomic E-state index is -0.0359. The summed E-state index contributed by atoms with van der Waals surface area (Å²) < 4.78 is 7.51. The van der Waals surface area contributed by atoms with Crippen LogP contribution in [0.25, 0.3) is 0 Å². The molecular weight excluding hydrogens is 311 g/mol. The summed E-state index contributed by atoms with van der Waals surface area (Å²) in [5, 5.41) is 12.7. The summed E-state index contributed by atoms with van der Waals surface area (Å²) in [5.41, 5.74) is 7.55. The van der Waals surface area contributed by atoms with E-state index in [2.05, 4.69) is 5.10 Å². The van der Waals surface area contributed by atoms with Gasteiger partial charge in [-0.3, -0.25) is 10.1 Å². The van der Waals surface area contributed by atoms with Crippen LogP contribution < -0.4 is 10.5 Å². The van der Waals surface area contributed by atoms with Crippen molar-refractivity contribution in [2.75, 3.05) is 0 Å². The molecule has 0 aliphatic heterocycles. The minimum absolute atomic E-state index is 0.0359. The van der Waals surface area contributed by atoms with Crippen molar-refractivity contribution in [3.05, 3.63) is 45.2 Å². The molecule has 0 fully saturated rings. The Labute approximate surface area is 133 Å². The van der Waals surface area contributed by atoms with E-state index in [1.165, 1.54) is 0 Å². The monoisotopic (exact) mass is 326 g/mol. The summed E-state index contributed by atoms with van der Waals surface area (Å²) >= 11 is 12.4. The Morgan fingerprint density at radius 1 is 1.43 bits per heavy atom. The van der Waals surface area contributed by atoms with E-state index in [4.69, 9.17) is 39.1 Å². The number of aromatic nitrogens is 2. The fraction of sp³-hybridized carbons (Fsp3) is 0.286. The molecule has 0 amide bonds. The quantitative estimate of drug-likeness (QED) is 0.653. The Morgan fingerprint density at radius 3 is 2.71 bits per heavy atom. The second-order valence-corrected chi connectivity index (χ2v) is 5.29. The summed E-state index contributed by atoms with van der Waals surface area (Å²) in [6.07, 6.45) is 0. The molecule has 0 aliphatic rings. The molecule has 0 saturated heterocycles. The maximum atomic E-state index is 7.37. The van der Waals surface area contributed by atoms with Crippen LogP contribution >= 0.6 is 23.2 Å². The number of ether oxygens (including phenoxy) is 1. The lowest BCUT2D eigenvalue weighted by atomic mass is 10.2. The van der Waals surface area contributed by atoms with Gasteiger partial charge in [-0.15, -0.1) is 0 Å². The van der Waals surface area contributed by atoms with Crippen LogP contribution in [-0.2, 0) is 13.2 Å². The third kappa shape index (κ3) is 3.31. The third-order valence-electron chi connectivity index (χ3n) is 3.06. The van der Waals surface area contributed by atoms with Gasteiger partial charge in [-0.2, -0.15) is 5.10 Å². The molecule has 2 aromatic rings.